The van der Waals surface area contributed by atoms with E-state index in [0.29, 0.717) is 12.8 Å². The summed E-state index contributed by atoms with van der Waals surface area (Å²) in [5, 5.41) is 12.1. The molecule has 1 aromatic rings. The van der Waals surface area contributed by atoms with Crippen LogP contribution < -0.4 is 5.32 Å². The highest BCUT2D eigenvalue weighted by molar-refractivity contribution is 8.00. The molecule has 10 heteroatoms. The van der Waals surface area contributed by atoms with Crippen molar-refractivity contribution in [3.63, 3.8) is 0 Å². The van der Waals surface area contributed by atoms with Crippen molar-refractivity contribution in [1.82, 2.24) is 9.62 Å². The second kappa shape index (κ2) is 10.8. The van der Waals surface area contributed by atoms with E-state index in [2.05, 4.69) is 5.32 Å². The molecule has 1 fully saturated rings. The molecule has 2 atom stereocenters. The molecule has 1 heterocycles. The number of rotatable bonds is 11. The first kappa shape index (κ1) is 22.7. The predicted octanol–water partition coefficient (Wildman–Crippen LogP) is 0.930. The Kier molecular flexibility index (Phi) is 8.74. The van der Waals surface area contributed by atoms with Gasteiger partial charge in [-0.3, -0.25) is 9.59 Å². The summed E-state index contributed by atoms with van der Waals surface area (Å²) in [7, 11) is -3.74. The maximum absolute atomic E-state index is 12.5. The van der Waals surface area contributed by atoms with E-state index in [1.165, 1.54) is 11.8 Å². The molecule has 0 saturated carbocycles. The fourth-order valence-corrected chi connectivity index (χ4v) is 6.01. The Labute approximate surface area is 169 Å². The first-order valence-electron chi connectivity index (χ1n) is 9.09. The number of hydrogen-bond acceptors (Lipinski definition) is 7. The van der Waals surface area contributed by atoms with Gasteiger partial charge in [0, 0.05) is 12.3 Å². The Morgan fingerprint density at radius 3 is 2.71 bits per heavy atom. The van der Waals surface area contributed by atoms with Crippen molar-refractivity contribution < 1.29 is 27.9 Å². The van der Waals surface area contributed by atoms with E-state index in [1.807, 2.05) is 30.3 Å². The molecule has 2 unspecified atom stereocenters. The number of esters is 1. The van der Waals surface area contributed by atoms with E-state index in [9.17, 15) is 23.1 Å². The van der Waals surface area contributed by atoms with Crippen LogP contribution in [0.4, 0.5) is 0 Å². The van der Waals surface area contributed by atoms with E-state index in [0.717, 1.165) is 9.87 Å². The van der Waals surface area contributed by atoms with Gasteiger partial charge in [0.15, 0.2) is 0 Å². The van der Waals surface area contributed by atoms with Gasteiger partial charge in [0.25, 0.3) is 0 Å². The summed E-state index contributed by atoms with van der Waals surface area (Å²) in [6.07, 6.45) is 1.12. The van der Waals surface area contributed by atoms with Crippen molar-refractivity contribution in [3.05, 3.63) is 35.9 Å². The Morgan fingerprint density at radius 1 is 1.36 bits per heavy atom. The molecule has 28 heavy (non-hydrogen) atoms. The molecule has 1 aromatic carbocycles. The molecule has 0 amide bonds. The molecule has 1 aliphatic rings. The predicted molar refractivity (Wildman–Crippen MR) is 108 cm³/mol. The molecule has 1 aliphatic heterocycles. The molecule has 0 spiro atoms. The van der Waals surface area contributed by atoms with Crippen molar-refractivity contribution in [3.8, 4) is 0 Å². The number of carboxylic acids is 1. The fourth-order valence-electron chi connectivity index (χ4n) is 2.88. The number of aryl methyl sites for hydroxylation is 1. The summed E-state index contributed by atoms with van der Waals surface area (Å²) in [6.45, 7) is 1.99. The summed E-state index contributed by atoms with van der Waals surface area (Å²) in [4.78, 5) is 23.4. The van der Waals surface area contributed by atoms with Crippen molar-refractivity contribution in [2.75, 3.05) is 30.5 Å². The first-order chi connectivity index (χ1) is 13.3. The van der Waals surface area contributed by atoms with Crippen LogP contribution in [0.1, 0.15) is 18.9 Å². The highest BCUT2D eigenvalue weighted by Crippen LogP contribution is 2.24. The van der Waals surface area contributed by atoms with Crippen LogP contribution in [-0.2, 0) is 30.8 Å². The number of nitrogens with zero attached hydrogens (tertiary/aromatic N) is 1. The normalized spacial score (nSPS) is 18.7. The number of benzene rings is 1. The van der Waals surface area contributed by atoms with Gasteiger partial charge in [-0.2, -0.15) is 4.31 Å². The lowest BCUT2D eigenvalue weighted by atomic mass is 10.1. The van der Waals surface area contributed by atoms with Gasteiger partial charge in [0.1, 0.15) is 12.1 Å². The van der Waals surface area contributed by atoms with Gasteiger partial charge < -0.3 is 15.2 Å². The third-order valence-electron chi connectivity index (χ3n) is 4.37. The summed E-state index contributed by atoms with van der Waals surface area (Å²) < 4.78 is 31.1. The van der Waals surface area contributed by atoms with E-state index in [-0.39, 0.29) is 30.5 Å². The van der Waals surface area contributed by atoms with Crippen molar-refractivity contribution in [2.45, 2.75) is 31.8 Å². The zero-order valence-corrected chi connectivity index (χ0v) is 17.4. The van der Waals surface area contributed by atoms with Gasteiger partial charge in [0.05, 0.1) is 18.2 Å². The molecule has 0 radical (unpaired) electrons. The molecule has 2 rings (SSSR count). The van der Waals surface area contributed by atoms with Crippen LogP contribution in [0.25, 0.3) is 0 Å². The zero-order chi connectivity index (χ0) is 20.6. The van der Waals surface area contributed by atoms with Crippen molar-refractivity contribution in [1.29, 1.82) is 0 Å². The fraction of sp³-hybridized carbons (Fsp3) is 0.556. The van der Waals surface area contributed by atoms with Crippen LogP contribution in [0.3, 0.4) is 0 Å². The molecule has 0 aromatic heterocycles. The minimum Gasteiger partial charge on any atom is -0.480 e. The summed E-state index contributed by atoms with van der Waals surface area (Å²) >= 11 is 1.27. The number of nitrogens with one attached hydrogen (secondary N) is 1. The molecule has 2 N–H and O–H groups in total. The molecular weight excluding hydrogens is 404 g/mol. The van der Waals surface area contributed by atoms with Crippen LogP contribution in [0.2, 0.25) is 0 Å². The lowest BCUT2D eigenvalue weighted by Gasteiger charge is -2.21. The van der Waals surface area contributed by atoms with Gasteiger partial charge in [0.2, 0.25) is 10.0 Å². The van der Waals surface area contributed by atoms with Gasteiger partial charge in [-0.15, -0.1) is 11.8 Å². The van der Waals surface area contributed by atoms with Crippen LogP contribution in [-0.4, -0.2) is 72.4 Å². The largest absolute Gasteiger partial charge is 0.480 e. The van der Waals surface area contributed by atoms with E-state index in [4.69, 9.17) is 4.74 Å². The molecule has 0 aliphatic carbocycles. The Bertz CT molecular complexity index is 757. The number of sulfonamides is 1. The SMILES string of the molecule is CCOC(=O)C(CCc1ccccc1)NCCS(=O)(=O)N1CSCC1C(=O)O. The minimum absolute atomic E-state index is 0.0358. The van der Waals surface area contributed by atoms with Crippen LogP contribution in [0, 0.1) is 0 Å². The molecule has 156 valence electrons. The highest BCUT2D eigenvalue weighted by Gasteiger charge is 2.39. The number of ether oxygens (including phenoxy) is 1. The summed E-state index contributed by atoms with van der Waals surface area (Å²) in [6, 6.07) is 8.01. The van der Waals surface area contributed by atoms with Crippen molar-refractivity contribution in [2.24, 2.45) is 0 Å². The maximum atomic E-state index is 12.5. The van der Waals surface area contributed by atoms with Gasteiger partial charge in [-0.05, 0) is 25.3 Å². The Hall–Kier alpha value is -1.62. The summed E-state index contributed by atoms with van der Waals surface area (Å²) in [5.41, 5.74) is 1.07. The lowest BCUT2D eigenvalue weighted by Crippen LogP contribution is -2.46. The van der Waals surface area contributed by atoms with Gasteiger partial charge in [-0.25, -0.2) is 8.42 Å². The van der Waals surface area contributed by atoms with Gasteiger partial charge >= 0.3 is 11.9 Å². The topological polar surface area (TPSA) is 113 Å². The quantitative estimate of drug-likeness (QED) is 0.499. The van der Waals surface area contributed by atoms with Crippen molar-refractivity contribution >= 4 is 33.7 Å². The molecular formula is C18H26N2O6S2. The number of hydrogen-bond donors (Lipinski definition) is 2. The smallest absolute Gasteiger partial charge is 0.323 e. The molecule has 8 nitrogen and oxygen atoms in total. The third-order valence-corrected chi connectivity index (χ3v) is 7.36. The monoisotopic (exact) mass is 430 g/mol. The lowest BCUT2D eigenvalue weighted by molar-refractivity contribution is -0.145. The van der Waals surface area contributed by atoms with E-state index < -0.39 is 34.0 Å². The van der Waals surface area contributed by atoms with Gasteiger partial charge in [-0.1, -0.05) is 30.3 Å². The standard InChI is InChI=1S/C18H26N2O6S2/c1-2-26-18(23)15(9-8-14-6-4-3-5-7-14)19-10-11-28(24,25)20-13-27-12-16(20)17(21)22/h3-7,15-16,19H,2,8-13H2,1H3,(H,21,22). The minimum atomic E-state index is -3.74. The summed E-state index contributed by atoms with van der Waals surface area (Å²) in [5.74, 6) is -1.47. The Morgan fingerprint density at radius 2 is 2.07 bits per heavy atom. The number of carbonyl (C=O) groups excluding carboxylic acids is 1. The molecule has 1 saturated heterocycles. The second-order valence-corrected chi connectivity index (χ2v) is 9.38. The first-order valence-corrected chi connectivity index (χ1v) is 11.9. The van der Waals surface area contributed by atoms with Crippen LogP contribution >= 0.6 is 11.8 Å². The third kappa shape index (κ3) is 6.47. The Balaban J connectivity index is 1.92. The van der Waals surface area contributed by atoms with E-state index >= 15 is 0 Å². The highest BCUT2D eigenvalue weighted by atomic mass is 32.2. The average molecular weight is 431 g/mol. The zero-order valence-electron chi connectivity index (χ0n) is 15.7. The number of aliphatic carboxylic acids is 1. The van der Waals surface area contributed by atoms with Crippen LogP contribution in [0.15, 0.2) is 30.3 Å². The number of thioether (sulfide) groups is 1. The molecule has 0 bridgehead atoms. The average Bonchev–Trinajstić information content (AvgIpc) is 3.16. The van der Waals surface area contributed by atoms with Crippen LogP contribution in [0.5, 0.6) is 0 Å². The van der Waals surface area contributed by atoms with E-state index in [1.54, 1.807) is 6.92 Å². The maximum Gasteiger partial charge on any atom is 0.323 e. The number of carboxylic acid groups (broad SMARTS) is 1. The number of carbonyl (C=O) groups is 2. The second-order valence-electron chi connectivity index (χ2n) is 6.34.